The lowest BCUT2D eigenvalue weighted by Crippen LogP contribution is -2.11. The summed E-state index contributed by atoms with van der Waals surface area (Å²) in [5, 5.41) is 12.3. The van der Waals surface area contributed by atoms with Crippen molar-refractivity contribution in [2.75, 3.05) is 19.8 Å². The first-order chi connectivity index (χ1) is 9.69. The van der Waals surface area contributed by atoms with Crippen molar-refractivity contribution >= 4 is 5.71 Å². The van der Waals surface area contributed by atoms with Crippen LogP contribution in [-0.2, 0) is 4.74 Å². The van der Waals surface area contributed by atoms with Gasteiger partial charge in [0, 0.05) is 12.2 Å². The predicted octanol–water partition coefficient (Wildman–Crippen LogP) is 3.72. The van der Waals surface area contributed by atoms with E-state index in [2.05, 4.69) is 19.0 Å². The summed E-state index contributed by atoms with van der Waals surface area (Å²) < 4.78 is 11.2. The Morgan fingerprint density at radius 3 is 2.60 bits per heavy atom. The smallest absolute Gasteiger partial charge is 0.128 e. The van der Waals surface area contributed by atoms with Crippen LogP contribution >= 0.6 is 0 Å². The molecule has 0 aromatic heterocycles. The Bertz CT molecular complexity index is 416. The summed E-state index contributed by atoms with van der Waals surface area (Å²) in [6, 6.07) is 7.59. The molecule has 20 heavy (non-hydrogen) atoms. The first-order valence-electron chi connectivity index (χ1n) is 7.19. The lowest BCUT2D eigenvalue weighted by atomic mass is 10.1. The molecule has 0 radical (unpaired) electrons. The van der Waals surface area contributed by atoms with Gasteiger partial charge in [0.2, 0.25) is 0 Å². The van der Waals surface area contributed by atoms with Crippen molar-refractivity contribution in [3.8, 4) is 5.75 Å². The Labute approximate surface area is 121 Å². The largest absolute Gasteiger partial charge is 0.490 e. The Morgan fingerprint density at radius 1 is 1.20 bits per heavy atom. The van der Waals surface area contributed by atoms with Gasteiger partial charge < -0.3 is 14.7 Å². The second-order valence-corrected chi connectivity index (χ2v) is 5.04. The van der Waals surface area contributed by atoms with Crippen LogP contribution in [0, 0.1) is 5.92 Å². The molecule has 1 aromatic rings. The molecule has 0 fully saturated rings. The molecule has 0 saturated carbocycles. The van der Waals surface area contributed by atoms with Gasteiger partial charge in [-0.05, 0) is 30.9 Å². The Hall–Kier alpha value is -1.55. The quantitative estimate of drug-likeness (QED) is 0.324. The van der Waals surface area contributed by atoms with Crippen molar-refractivity contribution in [1.29, 1.82) is 0 Å². The highest BCUT2D eigenvalue weighted by Crippen LogP contribution is 2.20. The highest BCUT2D eigenvalue weighted by Gasteiger charge is 2.08. The van der Waals surface area contributed by atoms with Crippen molar-refractivity contribution in [2.45, 2.75) is 33.6 Å². The zero-order chi connectivity index (χ0) is 14.8. The average Bonchev–Trinajstić information content (AvgIpc) is 2.45. The SMILES string of the molecule is CCC(=NO)c1ccccc1OCCOCCC(C)C. The van der Waals surface area contributed by atoms with Gasteiger partial charge >= 0.3 is 0 Å². The molecule has 0 saturated heterocycles. The second-order valence-electron chi connectivity index (χ2n) is 5.04. The average molecular weight is 279 g/mol. The fourth-order valence-electron chi connectivity index (χ4n) is 1.78. The fraction of sp³-hybridized carbons (Fsp3) is 0.562. The van der Waals surface area contributed by atoms with Crippen molar-refractivity contribution in [2.24, 2.45) is 11.1 Å². The van der Waals surface area contributed by atoms with Crippen LogP contribution in [0.1, 0.15) is 39.2 Å². The summed E-state index contributed by atoms with van der Waals surface area (Å²) in [6.45, 7) is 8.13. The van der Waals surface area contributed by atoms with E-state index in [-0.39, 0.29) is 0 Å². The molecule has 0 aliphatic heterocycles. The number of para-hydroxylation sites is 1. The molecule has 4 heteroatoms. The number of hydrogen-bond donors (Lipinski definition) is 1. The summed E-state index contributed by atoms with van der Waals surface area (Å²) in [6.07, 6.45) is 1.72. The van der Waals surface area contributed by atoms with Gasteiger partial charge in [-0.15, -0.1) is 0 Å². The maximum Gasteiger partial charge on any atom is 0.128 e. The predicted molar refractivity (Wildman–Crippen MR) is 80.8 cm³/mol. The minimum Gasteiger partial charge on any atom is -0.490 e. The molecular weight excluding hydrogens is 254 g/mol. The van der Waals surface area contributed by atoms with Crippen LogP contribution in [0.3, 0.4) is 0 Å². The zero-order valence-electron chi connectivity index (χ0n) is 12.6. The molecule has 0 heterocycles. The molecule has 0 bridgehead atoms. The lowest BCUT2D eigenvalue weighted by molar-refractivity contribution is 0.0925. The Kier molecular flexibility index (Phi) is 7.73. The van der Waals surface area contributed by atoms with Crippen LogP contribution < -0.4 is 4.74 Å². The van der Waals surface area contributed by atoms with Crippen LogP contribution in [0.5, 0.6) is 5.75 Å². The van der Waals surface area contributed by atoms with Gasteiger partial charge in [0.1, 0.15) is 12.4 Å². The molecule has 4 nitrogen and oxygen atoms in total. The summed E-state index contributed by atoms with van der Waals surface area (Å²) in [7, 11) is 0. The number of rotatable bonds is 9. The third-order valence-corrected chi connectivity index (χ3v) is 2.98. The van der Waals surface area contributed by atoms with Crippen molar-refractivity contribution in [3.63, 3.8) is 0 Å². The van der Waals surface area contributed by atoms with E-state index >= 15 is 0 Å². The highest BCUT2D eigenvalue weighted by atomic mass is 16.5. The third-order valence-electron chi connectivity index (χ3n) is 2.98. The molecule has 1 aromatic carbocycles. The van der Waals surface area contributed by atoms with Crippen LogP contribution in [0.4, 0.5) is 0 Å². The number of hydrogen-bond acceptors (Lipinski definition) is 4. The fourth-order valence-corrected chi connectivity index (χ4v) is 1.78. The van der Waals surface area contributed by atoms with Crippen LogP contribution in [0.25, 0.3) is 0 Å². The topological polar surface area (TPSA) is 51.1 Å². The molecule has 0 amide bonds. The van der Waals surface area contributed by atoms with E-state index in [0.29, 0.717) is 31.3 Å². The maximum absolute atomic E-state index is 9.01. The van der Waals surface area contributed by atoms with E-state index < -0.39 is 0 Å². The molecule has 0 atom stereocenters. The molecule has 112 valence electrons. The standard InChI is InChI=1S/C16H25NO3/c1-4-15(17-18)14-7-5-6-8-16(14)20-12-11-19-10-9-13(2)3/h5-8,13,18H,4,9-12H2,1-3H3. The van der Waals surface area contributed by atoms with Gasteiger partial charge in [0.25, 0.3) is 0 Å². The van der Waals surface area contributed by atoms with E-state index in [1.807, 2.05) is 31.2 Å². The van der Waals surface area contributed by atoms with Gasteiger partial charge in [0.15, 0.2) is 0 Å². The lowest BCUT2D eigenvalue weighted by Gasteiger charge is -2.12. The second kappa shape index (κ2) is 9.37. The van der Waals surface area contributed by atoms with E-state index in [1.54, 1.807) is 0 Å². The maximum atomic E-state index is 9.01. The molecule has 0 spiro atoms. The summed E-state index contributed by atoms with van der Waals surface area (Å²) in [4.78, 5) is 0. The van der Waals surface area contributed by atoms with Gasteiger partial charge in [-0.25, -0.2) is 0 Å². The van der Waals surface area contributed by atoms with Crippen molar-refractivity contribution < 1.29 is 14.7 Å². The van der Waals surface area contributed by atoms with Crippen LogP contribution in [-0.4, -0.2) is 30.7 Å². The van der Waals surface area contributed by atoms with Crippen LogP contribution in [0.15, 0.2) is 29.4 Å². The van der Waals surface area contributed by atoms with E-state index in [1.165, 1.54) is 0 Å². The Balaban J connectivity index is 2.44. The number of nitrogens with zero attached hydrogens (tertiary/aromatic N) is 1. The van der Waals surface area contributed by atoms with Crippen molar-refractivity contribution in [1.82, 2.24) is 0 Å². The van der Waals surface area contributed by atoms with E-state index in [9.17, 15) is 0 Å². The van der Waals surface area contributed by atoms with E-state index in [0.717, 1.165) is 24.3 Å². The summed E-state index contributed by atoms with van der Waals surface area (Å²) >= 11 is 0. The number of benzene rings is 1. The van der Waals surface area contributed by atoms with Gasteiger partial charge in [0.05, 0.1) is 12.3 Å². The minimum absolute atomic E-state index is 0.498. The first kappa shape index (κ1) is 16.5. The normalized spacial score (nSPS) is 11.9. The monoisotopic (exact) mass is 279 g/mol. The number of oxime groups is 1. The minimum atomic E-state index is 0.498. The molecule has 0 aliphatic rings. The molecule has 0 unspecified atom stereocenters. The van der Waals surface area contributed by atoms with E-state index in [4.69, 9.17) is 14.7 Å². The summed E-state index contributed by atoms with van der Waals surface area (Å²) in [5.41, 5.74) is 1.46. The molecule has 0 aliphatic carbocycles. The molecule has 1 rings (SSSR count). The molecule has 1 N–H and O–H groups in total. The van der Waals surface area contributed by atoms with Crippen molar-refractivity contribution in [3.05, 3.63) is 29.8 Å². The van der Waals surface area contributed by atoms with Gasteiger partial charge in [-0.1, -0.05) is 38.1 Å². The van der Waals surface area contributed by atoms with Gasteiger partial charge in [-0.3, -0.25) is 0 Å². The summed E-state index contributed by atoms with van der Waals surface area (Å²) in [5.74, 6) is 1.39. The zero-order valence-corrected chi connectivity index (χ0v) is 12.6. The number of ether oxygens (including phenoxy) is 2. The highest BCUT2D eigenvalue weighted by molar-refractivity contribution is 6.02. The van der Waals surface area contributed by atoms with Gasteiger partial charge in [-0.2, -0.15) is 0 Å². The van der Waals surface area contributed by atoms with Crippen LogP contribution in [0.2, 0.25) is 0 Å². The first-order valence-corrected chi connectivity index (χ1v) is 7.19. The molecular formula is C16H25NO3. The third kappa shape index (κ3) is 5.61. The Morgan fingerprint density at radius 2 is 1.95 bits per heavy atom.